The van der Waals surface area contributed by atoms with E-state index in [0.717, 1.165) is 17.2 Å². The molecule has 0 spiro atoms. The zero-order valence-electron chi connectivity index (χ0n) is 18.6. The topological polar surface area (TPSA) is 192 Å². The van der Waals surface area contributed by atoms with Crippen molar-refractivity contribution in [3.63, 3.8) is 0 Å². The van der Waals surface area contributed by atoms with Gasteiger partial charge >= 0.3 is 18.0 Å². The molecule has 0 bridgehead atoms. The molecule has 0 aliphatic carbocycles. The van der Waals surface area contributed by atoms with E-state index in [0.29, 0.717) is 12.1 Å². The van der Waals surface area contributed by atoms with Gasteiger partial charge in [-0.05, 0) is 17.7 Å². The van der Waals surface area contributed by atoms with Crippen molar-refractivity contribution in [2.75, 3.05) is 6.54 Å². The number of amides is 2. The molecule has 0 aliphatic heterocycles. The molecule has 3 rings (SSSR count). The van der Waals surface area contributed by atoms with Crippen LogP contribution in [0.4, 0.5) is 4.79 Å². The van der Waals surface area contributed by atoms with Crippen LogP contribution < -0.4 is 32.7 Å². The highest BCUT2D eigenvalue weighted by molar-refractivity contribution is 5.95. The van der Waals surface area contributed by atoms with Gasteiger partial charge in [0.2, 0.25) is 0 Å². The average molecular weight is 481 g/mol. The second-order valence-corrected chi connectivity index (χ2v) is 7.53. The number of guanidine groups is 1. The van der Waals surface area contributed by atoms with Crippen LogP contribution in [0.3, 0.4) is 0 Å². The summed E-state index contributed by atoms with van der Waals surface area (Å²) in [5, 5.41) is 14.0. The third kappa shape index (κ3) is 7.05. The number of hydrogen-bond donors (Lipinski definition) is 6. The minimum absolute atomic E-state index is 0.0382. The SMILES string of the molecule is NC(N)=[NH+]Cc1ccc2cc(C(=O)NCC(NC(=O)OCc3ccccc3)C(=O)O)cc(=O)n2c1. The van der Waals surface area contributed by atoms with Crippen LogP contribution in [0.1, 0.15) is 21.5 Å². The zero-order valence-corrected chi connectivity index (χ0v) is 18.6. The van der Waals surface area contributed by atoms with Gasteiger partial charge < -0.3 is 20.5 Å². The Labute approximate surface area is 199 Å². The van der Waals surface area contributed by atoms with Gasteiger partial charge in [0.25, 0.3) is 11.5 Å². The van der Waals surface area contributed by atoms with Crippen LogP contribution >= 0.6 is 0 Å². The first-order valence-corrected chi connectivity index (χ1v) is 10.5. The van der Waals surface area contributed by atoms with Gasteiger partial charge in [0.1, 0.15) is 12.6 Å². The molecule has 0 fully saturated rings. The molecule has 3 aromatic rings. The molecule has 0 aliphatic rings. The highest BCUT2D eigenvalue weighted by atomic mass is 16.5. The molecule has 1 aromatic carbocycles. The Morgan fingerprint density at radius 1 is 1.06 bits per heavy atom. The van der Waals surface area contributed by atoms with Gasteiger partial charge in [-0.3, -0.25) is 30.4 Å². The minimum Gasteiger partial charge on any atom is -0.480 e. The van der Waals surface area contributed by atoms with Crippen molar-refractivity contribution in [3.05, 3.63) is 87.8 Å². The summed E-state index contributed by atoms with van der Waals surface area (Å²) in [6, 6.07) is 13.4. The Bertz CT molecular complexity index is 1320. The summed E-state index contributed by atoms with van der Waals surface area (Å²) in [4.78, 5) is 51.3. The molecule has 182 valence electrons. The predicted molar refractivity (Wildman–Crippen MR) is 125 cm³/mol. The summed E-state index contributed by atoms with van der Waals surface area (Å²) in [5.41, 5.74) is 12.2. The molecule has 2 heterocycles. The quantitative estimate of drug-likeness (QED) is 0.153. The number of nitrogens with two attached hydrogens (primary N) is 2. The Balaban J connectivity index is 1.62. The maximum atomic E-state index is 12.6. The van der Waals surface area contributed by atoms with Gasteiger partial charge in [-0.25, -0.2) is 9.59 Å². The van der Waals surface area contributed by atoms with Gasteiger partial charge in [-0.1, -0.05) is 36.4 Å². The number of alkyl carbamates (subject to hydrolysis) is 1. The summed E-state index contributed by atoms with van der Waals surface area (Å²) in [5.74, 6) is -1.99. The average Bonchev–Trinajstić information content (AvgIpc) is 2.84. The number of ether oxygens (including phenoxy) is 1. The number of fused-ring (bicyclic) bond motifs is 1. The van der Waals surface area contributed by atoms with Crippen LogP contribution in [0.5, 0.6) is 0 Å². The molecule has 12 heteroatoms. The van der Waals surface area contributed by atoms with Gasteiger partial charge in [0.05, 0.1) is 6.54 Å². The fourth-order valence-electron chi connectivity index (χ4n) is 3.11. The zero-order chi connectivity index (χ0) is 25.4. The molecule has 0 saturated heterocycles. The maximum Gasteiger partial charge on any atom is 0.408 e. The maximum absolute atomic E-state index is 12.6. The second-order valence-electron chi connectivity index (χ2n) is 7.53. The van der Waals surface area contributed by atoms with Crippen molar-refractivity contribution < 1.29 is 29.2 Å². The van der Waals surface area contributed by atoms with Gasteiger partial charge in [-0.2, -0.15) is 0 Å². The highest BCUT2D eigenvalue weighted by Gasteiger charge is 2.22. The molecule has 2 amide bonds. The third-order valence-corrected chi connectivity index (χ3v) is 4.89. The molecule has 1 atom stereocenters. The number of aliphatic carboxylic acids is 1. The van der Waals surface area contributed by atoms with E-state index < -0.39 is 36.1 Å². The monoisotopic (exact) mass is 481 g/mol. The van der Waals surface area contributed by atoms with Crippen molar-refractivity contribution in [2.45, 2.75) is 19.2 Å². The largest absolute Gasteiger partial charge is 0.480 e. The first-order chi connectivity index (χ1) is 16.7. The first-order valence-electron chi connectivity index (χ1n) is 10.5. The molecule has 35 heavy (non-hydrogen) atoms. The van der Waals surface area contributed by atoms with Crippen molar-refractivity contribution in [1.82, 2.24) is 15.0 Å². The van der Waals surface area contributed by atoms with Crippen molar-refractivity contribution in [1.29, 1.82) is 0 Å². The Hall–Kier alpha value is -4.87. The summed E-state index contributed by atoms with van der Waals surface area (Å²) in [7, 11) is 0. The smallest absolute Gasteiger partial charge is 0.408 e. The fourth-order valence-corrected chi connectivity index (χ4v) is 3.11. The number of pyridine rings is 2. The first kappa shape index (κ1) is 24.8. The number of rotatable bonds is 9. The molecular weight excluding hydrogens is 456 g/mol. The number of nitrogens with one attached hydrogen (secondary N) is 3. The second kappa shape index (κ2) is 11.3. The van der Waals surface area contributed by atoms with Crippen molar-refractivity contribution >= 4 is 29.4 Å². The summed E-state index contributed by atoms with van der Waals surface area (Å²) < 4.78 is 6.37. The normalized spacial score (nSPS) is 11.3. The third-order valence-electron chi connectivity index (χ3n) is 4.89. The number of carbonyl (C=O) groups is 3. The number of carbonyl (C=O) groups excluding carboxylic acids is 2. The van der Waals surface area contributed by atoms with E-state index in [9.17, 15) is 24.3 Å². The lowest BCUT2D eigenvalue weighted by atomic mass is 10.2. The van der Waals surface area contributed by atoms with E-state index in [2.05, 4.69) is 15.6 Å². The fraction of sp³-hybridized carbons (Fsp3) is 0.174. The number of carboxylic acid groups (broad SMARTS) is 1. The molecule has 0 radical (unpaired) electrons. The van der Waals surface area contributed by atoms with E-state index in [4.69, 9.17) is 16.2 Å². The van der Waals surface area contributed by atoms with Crippen LogP contribution in [0, 0.1) is 0 Å². The lowest BCUT2D eigenvalue weighted by Gasteiger charge is -2.15. The summed E-state index contributed by atoms with van der Waals surface area (Å²) >= 11 is 0. The van der Waals surface area contributed by atoms with Crippen LogP contribution in [0.15, 0.2) is 65.6 Å². The lowest BCUT2D eigenvalue weighted by molar-refractivity contribution is -0.477. The van der Waals surface area contributed by atoms with Crippen molar-refractivity contribution in [2.24, 2.45) is 11.5 Å². The predicted octanol–water partition coefficient (Wildman–Crippen LogP) is -1.74. The van der Waals surface area contributed by atoms with Crippen LogP contribution in [0.25, 0.3) is 5.52 Å². The number of aromatic nitrogens is 1. The Morgan fingerprint density at radius 3 is 2.49 bits per heavy atom. The van der Waals surface area contributed by atoms with Gasteiger partial charge in [-0.15, -0.1) is 0 Å². The minimum atomic E-state index is -1.44. The summed E-state index contributed by atoms with van der Waals surface area (Å²) in [6.07, 6.45) is 0.638. The number of carboxylic acids is 1. The van der Waals surface area contributed by atoms with E-state index in [-0.39, 0.29) is 18.1 Å². The Kier molecular flexibility index (Phi) is 8.01. The molecule has 2 aromatic heterocycles. The van der Waals surface area contributed by atoms with Crippen LogP contribution in [0.2, 0.25) is 0 Å². The van der Waals surface area contributed by atoms with Crippen LogP contribution in [-0.4, -0.2) is 46.0 Å². The number of benzene rings is 1. The molecule has 0 saturated carbocycles. The van der Waals surface area contributed by atoms with E-state index in [1.807, 2.05) is 6.07 Å². The molecular formula is C23H25N6O6+. The number of hydrogen-bond acceptors (Lipinski definition) is 5. The number of nitrogens with zero attached hydrogens (tertiary/aromatic N) is 1. The van der Waals surface area contributed by atoms with Crippen molar-refractivity contribution in [3.8, 4) is 0 Å². The molecule has 1 unspecified atom stereocenters. The standard InChI is InChI=1S/C23H24N6O6/c24-22(25)27-10-15-6-7-17-8-16(9-19(30)29(17)12-15)20(31)26-11-18(21(32)33)28-23(34)35-13-14-4-2-1-3-5-14/h1-9,12,18H,10-11,13H2,(H,26,31)(H,28,34)(H,32,33)(H4,24,25,27)/p+1. The highest BCUT2D eigenvalue weighted by Crippen LogP contribution is 2.07. The van der Waals surface area contributed by atoms with Crippen LogP contribution in [-0.2, 0) is 22.7 Å². The van der Waals surface area contributed by atoms with E-state index in [1.54, 1.807) is 42.6 Å². The molecule has 12 nitrogen and oxygen atoms in total. The summed E-state index contributed by atoms with van der Waals surface area (Å²) in [6.45, 7) is -0.151. The molecule has 8 N–H and O–H groups in total. The van der Waals surface area contributed by atoms with E-state index in [1.165, 1.54) is 10.5 Å². The van der Waals surface area contributed by atoms with Gasteiger partial charge in [0.15, 0.2) is 0 Å². The Morgan fingerprint density at radius 2 is 1.80 bits per heavy atom. The van der Waals surface area contributed by atoms with E-state index >= 15 is 0 Å². The van der Waals surface area contributed by atoms with Gasteiger partial charge in [0, 0.05) is 35.5 Å². The lowest BCUT2D eigenvalue weighted by Crippen LogP contribution is -2.76.